The predicted molar refractivity (Wildman–Crippen MR) is 106 cm³/mol. The fraction of sp³-hybridized carbons (Fsp3) is 0.222. The Labute approximate surface area is 165 Å². The molecule has 2 aromatic carbocycles. The zero-order chi connectivity index (χ0) is 19.2. The number of carbonyl (C=O) groups is 1. The van der Waals surface area contributed by atoms with Gasteiger partial charge in [-0.05, 0) is 58.6 Å². The Bertz CT molecular complexity index is 897. The number of benzene rings is 2. The van der Waals surface area contributed by atoms with Gasteiger partial charge in [-0.1, -0.05) is 23.9 Å². The van der Waals surface area contributed by atoms with Crippen LogP contribution in [0.25, 0.3) is 5.69 Å². The Hall–Kier alpha value is -2.52. The van der Waals surface area contributed by atoms with Crippen molar-refractivity contribution in [3.63, 3.8) is 0 Å². The number of hydrogen-bond acceptors (Lipinski definition) is 7. The van der Waals surface area contributed by atoms with E-state index in [1.807, 2.05) is 18.4 Å². The van der Waals surface area contributed by atoms with Crippen LogP contribution in [0.15, 0.2) is 58.6 Å². The number of hydrogen-bond donors (Lipinski definition) is 1. The first-order chi connectivity index (χ1) is 13.1. The van der Waals surface area contributed by atoms with Gasteiger partial charge in [0.1, 0.15) is 5.75 Å². The number of amides is 1. The number of rotatable bonds is 7. The van der Waals surface area contributed by atoms with Gasteiger partial charge in [-0.25, -0.2) is 0 Å². The Morgan fingerprint density at radius 2 is 1.85 bits per heavy atom. The topological polar surface area (TPSA) is 84.1 Å². The number of thioether (sulfide) groups is 2. The van der Waals surface area contributed by atoms with Crippen molar-refractivity contribution in [2.24, 2.45) is 0 Å². The summed E-state index contributed by atoms with van der Waals surface area (Å²) < 4.78 is 1.54. The summed E-state index contributed by atoms with van der Waals surface area (Å²) in [5.41, 5.74) is 1.80. The molecule has 0 aliphatic heterocycles. The van der Waals surface area contributed by atoms with Gasteiger partial charge in [-0.2, -0.15) is 4.68 Å². The van der Waals surface area contributed by atoms with Gasteiger partial charge in [0, 0.05) is 18.5 Å². The van der Waals surface area contributed by atoms with E-state index < -0.39 is 0 Å². The van der Waals surface area contributed by atoms with E-state index >= 15 is 0 Å². The number of carbonyl (C=O) groups excluding carboxylic acids is 1. The lowest BCUT2D eigenvalue weighted by Crippen LogP contribution is -2.27. The molecule has 0 aliphatic carbocycles. The number of tetrazole rings is 1. The largest absolute Gasteiger partial charge is 0.508 e. The molecule has 0 bridgehead atoms. The average molecular weight is 402 g/mol. The van der Waals surface area contributed by atoms with Crippen molar-refractivity contribution in [1.29, 1.82) is 0 Å². The molecule has 0 saturated carbocycles. The monoisotopic (exact) mass is 401 g/mol. The first kappa shape index (κ1) is 19.2. The number of phenols is 1. The van der Waals surface area contributed by atoms with E-state index in [2.05, 4.69) is 27.7 Å². The molecule has 0 radical (unpaired) electrons. The van der Waals surface area contributed by atoms with Gasteiger partial charge in [0.25, 0.3) is 0 Å². The lowest BCUT2D eigenvalue weighted by Gasteiger charge is -2.17. The first-order valence-electron chi connectivity index (χ1n) is 8.14. The Morgan fingerprint density at radius 3 is 2.52 bits per heavy atom. The van der Waals surface area contributed by atoms with E-state index in [1.54, 1.807) is 52.7 Å². The Kier molecular flexibility index (Phi) is 6.36. The summed E-state index contributed by atoms with van der Waals surface area (Å²) in [4.78, 5) is 15.3. The van der Waals surface area contributed by atoms with Gasteiger partial charge in [0.15, 0.2) is 0 Å². The van der Waals surface area contributed by atoms with Crippen LogP contribution in [0.1, 0.15) is 5.56 Å². The molecule has 0 aliphatic rings. The third-order valence-corrected chi connectivity index (χ3v) is 5.51. The molecule has 27 heavy (non-hydrogen) atoms. The van der Waals surface area contributed by atoms with E-state index in [1.165, 1.54) is 16.7 Å². The second kappa shape index (κ2) is 8.92. The van der Waals surface area contributed by atoms with Gasteiger partial charge in [-0.15, -0.1) is 16.9 Å². The highest BCUT2D eigenvalue weighted by atomic mass is 32.2. The normalized spacial score (nSPS) is 10.7. The van der Waals surface area contributed by atoms with Crippen LogP contribution >= 0.6 is 23.5 Å². The van der Waals surface area contributed by atoms with Crippen molar-refractivity contribution in [2.45, 2.75) is 16.6 Å². The van der Waals surface area contributed by atoms with E-state index in [-0.39, 0.29) is 17.4 Å². The average Bonchev–Trinajstić information content (AvgIpc) is 3.15. The molecule has 9 heteroatoms. The summed E-state index contributed by atoms with van der Waals surface area (Å²) >= 11 is 2.97. The molecule has 0 saturated heterocycles. The highest BCUT2D eigenvalue weighted by molar-refractivity contribution is 7.99. The van der Waals surface area contributed by atoms with Crippen LogP contribution in [-0.4, -0.2) is 55.2 Å². The minimum absolute atomic E-state index is 0.00537. The van der Waals surface area contributed by atoms with Crippen molar-refractivity contribution in [1.82, 2.24) is 25.1 Å². The van der Waals surface area contributed by atoms with Crippen molar-refractivity contribution in [2.75, 3.05) is 19.1 Å². The van der Waals surface area contributed by atoms with Crippen molar-refractivity contribution in [3.05, 3.63) is 54.1 Å². The van der Waals surface area contributed by atoms with Crippen molar-refractivity contribution in [3.8, 4) is 11.4 Å². The maximum Gasteiger partial charge on any atom is 0.233 e. The van der Waals surface area contributed by atoms with Crippen molar-refractivity contribution < 1.29 is 9.90 Å². The smallest absolute Gasteiger partial charge is 0.233 e. The van der Waals surface area contributed by atoms with Crippen LogP contribution in [0, 0.1) is 0 Å². The fourth-order valence-corrected chi connectivity index (χ4v) is 3.59. The van der Waals surface area contributed by atoms with Crippen molar-refractivity contribution >= 4 is 29.4 Å². The molecule has 0 spiro atoms. The predicted octanol–water partition coefficient (Wildman–Crippen LogP) is 2.84. The molecule has 7 nitrogen and oxygen atoms in total. The van der Waals surface area contributed by atoms with Crippen LogP contribution in [0.3, 0.4) is 0 Å². The molecule has 1 N–H and O–H groups in total. The van der Waals surface area contributed by atoms with E-state index in [4.69, 9.17) is 0 Å². The Balaban J connectivity index is 1.59. The molecule has 1 aromatic heterocycles. The number of nitrogens with zero attached hydrogens (tertiary/aromatic N) is 5. The summed E-state index contributed by atoms with van der Waals surface area (Å²) in [5.74, 6) is 0.398. The molecule has 1 heterocycles. The Morgan fingerprint density at radius 1 is 1.15 bits per heavy atom. The van der Waals surface area contributed by atoms with Crippen LogP contribution in [0.2, 0.25) is 0 Å². The van der Waals surface area contributed by atoms with E-state index in [0.717, 1.165) is 11.3 Å². The first-order valence-corrected chi connectivity index (χ1v) is 10.4. The molecule has 3 rings (SSSR count). The second-order valence-electron chi connectivity index (χ2n) is 5.78. The molecule has 140 valence electrons. The van der Waals surface area contributed by atoms with Crippen LogP contribution in [-0.2, 0) is 11.3 Å². The molecule has 3 aromatic rings. The molecular weight excluding hydrogens is 382 g/mol. The fourth-order valence-electron chi connectivity index (χ4n) is 2.35. The summed E-state index contributed by atoms with van der Waals surface area (Å²) in [5, 5.41) is 21.5. The van der Waals surface area contributed by atoms with Crippen LogP contribution < -0.4 is 0 Å². The lowest BCUT2D eigenvalue weighted by atomic mass is 10.2. The molecular formula is C18H19N5O2S2. The van der Waals surface area contributed by atoms with Gasteiger partial charge >= 0.3 is 0 Å². The van der Waals surface area contributed by atoms with Gasteiger partial charge in [0.05, 0.1) is 11.4 Å². The van der Waals surface area contributed by atoms with E-state index in [0.29, 0.717) is 11.7 Å². The zero-order valence-electron chi connectivity index (χ0n) is 14.9. The lowest BCUT2D eigenvalue weighted by molar-refractivity contribution is -0.127. The second-order valence-corrected chi connectivity index (χ2v) is 7.60. The maximum absolute atomic E-state index is 12.4. The summed E-state index contributed by atoms with van der Waals surface area (Å²) in [6.45, 7) is 0.553. The SMILES string of the molecule is CSc1ccc(CN(C)C(=O)CSc2nnnn2-c2ccc(O)cc2)cc1. The molecule has 0 atom stereocenters. The maximum atomic E-state index is 12.4. The van der Waals surface area contributed by atoms with Gasteiger partial charge < -0.3 is 10.0 Å². The highest BCUT2D eigenvalue weighted by Gasteiger charge is 2.14. The molecule has 1 amide bonds. The van der Waals surface area contributed by atoms with Crippen LogP contribution in [0.5, 0.6) is 5.75 Å². The minimum Gasteiger partial charge on any atom is -0.508 e. The number of aromatic hydroxyl groups is 1. The third-order valence-electron chi connectivity index (χ3n) is 3.86. The van der Waals surface area contributed by atoms with Gasteiger partial charge in [-0.3, -0.25) is 4.79 Å². The third kappa shape index (κ3) is 5.01. The minimum atomic E-state index is -0.00537. The van der Waals surface area contributed by atoms with E-state index in [9.17, 15) is 9.90 Å². The van der Waals surface area contributed by atoms with Crippen LogP contribution in [0.4, 0.5) is 0 Å². The quantitative estimate of drug-likeness (QED) is 0.610. The number of aromatic nitrogens is 4. The van der Waals surface area contributed by atoms with Gasteiger partial charge in [0.2, 0.25) is 11.1 Å². The standard InChI is InChI=1S/C18H19N5O2S2/c1-22(11-13-3-9-16(26-2)10-4-13)17(25)12-27-18-19-20-21-23(18)14-5-7-15(24)8-6-14/h3-10,24H,11-12H2,1-2H3. The highest BCUT2D eigenvalue weighted by Crippen LogP contribution is 2.21. The summed E-state index contributed by atoms with van der Waals surface area (Å²) in [7, 11) is 1.79. The summed E-state index contributed by atoms with van der Waals surface area (Å²) in [6.07, 6.45) is 2.04. The number of phenolic OH excluding ortho intramolecular Hbond substituents is 1. The summed E-state index contributed by atoms with van der Waals surface area (Å²) in [6, 6.07) is 14.7. The zero-order valence-corrected chi connectivity index (χ0v) is 16.6. The molecule has 0 unspecified atom stereocenters. The molecule has 0 fully saturated rings.